The molecule has 0 radical (unpaired) electrons. The van der Waals surface area contributed by atoms with E-state index < -0.39 is 6.17 Å². The Labute approximate surface area is 185 Å². The van der Waals surface area contributed by atoms with Crippen molar-refractivity contribution in [3.8, 4) is 22.9 Å². The maximum Gasteiger partial charge on any atom is 0.156 e. The zero-order chi connectivity index (χ0) is 21.8. The second-order valence-corrected chi connectivity index (χ2v) is 7.62. The summed E-state index contributed by atoms with van der Waals surface area (Å²) in [5.41, 5.74) is 7.68. The third-order valence-corrected chi connectivity index (χ3v) is 5.10. The normalized spacial score (nSPS) is 15.0. The van der Waals surface area contributed by atoms with Crippen LogP contribution in [0.1, 0.15) is 17.4 Å². The van der Waals surface area contributed by atoms with E-state index in [1.807, 2.05) is 19.1 Å². The van der Waals surface area contributed by atoms with Crippen molar-refractivity contribution in [2.45, 2.75) is 13.1 Å². The summed E-state index contributed by atoms with van der Waals surface area (Å²) >= 11 is 6.18. The van der Waals surface area contributed by atoms with E-state index in [0.29, 0.717) is 46.7 Å². The van der Waals surface area contributed by atoms with Crippen LogP contribution in [0.4, 0.5) is 10.2 Å². The second-order valence-electron chi connectivity index (χ2n) is 7.18. The highest BCUT2D eigenvalue weighted by Crippen LogP contribution is 2.34. The van der Waals surface area contributed by atoms with E-state index in [9.17, 15) is 4.39 Å². The summed E-state index contributed by atoms with van der Waals surface area (Å²) in [4.78, 5) is 15.5. The molecule has 2 N–H and O–H groups in total. The number of nitrogens with two attached hydrogens (primary N) is 1. The minimum absolute atomic E-state index is 0.0958. The van der Waals surface area contributed by atoms with Gasteiger partial charge in [0.1, 0.15) is 23.4 Å². The molecule has 9 heteroatoms. The van der Waals surface area contributed by atoms with Crippen molar-refractivity contribution >= 4 is 17.4 Å². The van der Waals surface area contributed by atoms with Gasteiger partial charge in [-0.2, -0.15) is 0 Å². The summed E-state index contributed by atoms with van der Waals surface area (Å²) in [7, 11) is 0. The molecule has 0 amide bonds. The first-order valence-corrected chi connectivity index (χ1v) is 10.4. The Morgan fingerprint density at radius 1 is 1.19 bits per heavy atom. The number of aryl methyl sites for hydroxylation is 1. The van der Waals surface area contributed by atoms with E-state index in [-0.39, 0.29) is 6.54 Å². The topological polar surface area (TPSA) is 86.4 Å². The summed E-state index contributed by atoms with van der Waals surface area (Å²) in [5.74, 6) is 1.89. The predicted molar refractivity (Wildman–Crippen MR) is 117 cm³/mol. The molecular formula is C22H23ClFN5O2. The largest absolute Gasteiger partial charge is 0.455 e. The number of ether oxygens (including phenoxy) is 2. The summed E-state index contributed by atoms with van der Waals surface area (Å²) in [5, 5.41) is 0.432. The van der Waals surface area contributed by atoms with Gasteiger partial charge in [-0.15, -0.1) is 0 Å². The highest BCUT2D eigenvalue weighted by Gasteiger charge is 2.17. The lowest BCUT2D eigenvalue weighted by atomic mass is 10.1. The fourth-order valence-corrected chi connectivity index (χ4v) is 3.47. The highest BCUT2D eigenvalue weighted by molar-refractivity contribution is 6.30. The van der Waals surface area contributed by atoms with Crippen molar-refractivity contribution in [2.24, 2.45) is 5.73 Å². The maximum absolute atomic E-state index is 13.8. The van der Waals surface area contributed by atoms with Gasteiger partial charge >= 0.3 is 0 Å². The Morgan fingerprint density at radius 3 is 2.71 bits per heavy atom. The number of anilines is 1. The van der Waals surface area contributed by atoms with Crippen LogP contribution in [0.5, 0.6) is 11.5 Å². The van der Waals surface area contributed by atoms with E-state index >= 15 is 0 Å². The van der Waals surface area contributed by atoms with Crippen molar-refractivity contribution in [2.75, 3.05) is 37.7 Å². The average molecular weight is 444 g/mol. The first kappa shape index (κ1) is 21.4. The lowest BCUT2D eigenvalue weighted by molar-refractivity contribution is 0.122. The Kier molecular flexibility index (Phi) is 6.60. The van der Waals surface area contributed by atoms with E-state index in [1.54, 1.807) is 18.2 Å². The van der Waals surface area contributed by atoms with Crippen molar-refractivity contribution in [3.05, 3.63) is 59.0 Å². The monoisotopic (exact) mass is 443 g/mol. The van der Waals surface area contributed by atoms with Gasteiger partial charge in [-0.1, -0.05) is 17.7 Å². The Morgan fingerprint density at radius 2 is 2.00 bits per heavy atom. The average Bonchev–Trinajstić information content (AvgIpc) is 2.79. The summed E-state index contributed by atoms with van der Waals surface area (Å²) in [6.45, 7) is 4.70. The van der Waals surface area contributed by atoms with Crippen molar-refractivity contribution in [1.29, 1.82) is 0 Å². The summed E-state index contributed by atoms with van der Waals surface area (Å²) < 4.78 is 25.4. The van der Waals surface area contributed by atoms with E-state index in [0.717, 1.165) is 24.6 Å². The van der Waals surface area contributed by atoms with Gasteiger partial charge in [-0.25, -0.2) is 14.4 Å². The number of halogens is 2. The summed E-state index contributed by atoms with van der Waals surface area (Å²) in [6, 6.07) is 8.75. The van der Waals surface area contributed by atoms with Crippen molar-refractivity contribution in [1.82, 2.24) is 15.0 Å². The van der Waals surface area contributed by atoms with Gasteiger partial charge in [0.2, 0.25) is 0 Å². The molecular weight excluding hydrogens is 421 g/mol. The van der Waals surface area contributed by atoms with Gasteiger partial charge in [0.25, 0.3) is 0 Å². The van der Waals surface area contributed by atoms with Crippen molar-refractivity contribution in [3.63, 3.8) is 0 Å². The molecule has 162 valence electrons. The van der Waals surface area contributed by atoms with Crippen LogP contribution in [-0.2, 0) is 4.74 Å². The van der Waals surface area contributed by atoms with Gasteiger partial charge in [-0.3, -0.25) is 4.98 Å². The molecule has 1 saturated heterocycles. The fourth-order valence-electron chi connectivity index (χ4n) is 3.32. The number of rotatable bonds is 6. The molecule has 31 heavy (non-hydrogen) atoms. The molecule has 3 aromatic heterocycles. The number of alkyl halides is 1. The molecule has 0 aliphatic carbocycles. The van der Waals surface area contributed by atoms with E-state index in [1.165, 1.54) is 12.4 Å². The first-order chi connectivity index (χ1) is 15.0. The Hall–Kier alpha value is -2.81. The molecule has 4 rings (SSSR count). The number of nitrogens with zero attached hydrogens (tertiary/aromatic N) is 4. The van der Waals surface area contributed by atoms with Crippen LogP contribution in [0.3, 0.4) is 0 Å². The third-order valence-electron chi connectivity index (χ3n) is 4.89. The second kappa shape index (κ2) is 9.55. The van der Waals surface area contributed by atoms with Crippen LogP contribution in [0, 0.1) is 6.92 Å². The maximum atomic E-state index is 13.8. The highest BCUT2D eigenvalue weighted by atomic mass is 35.5. The SMILES string of the molecule is Cc1cc(Oc2cc(Cl)cnc2-c2ccc([C@@H](F)CN)cn2)cc(N2CCOCC2)n1. The van der Waals surface area contributed by atoms with E-state index in [4.69, 9.17) is 26.8 Å². The molecule has 1 aliphatic rings. The van der Waals surface area contributed by atoms with Gasteiger partial charge < -0.3 is 20.1 Å². The molecule has 4 heterocycles. The van der Waals surface area contributed by atoms with Gasteiger partial charge in [0.05, 0.1) is 23.9 Å². The molecule has 7 nitrogen and oxygen atoms in total. The van der Waals surface area contributed by atoms with Crippen LogP contribution < -0.4 is 15.4 Å². The van der Waals surface area contributed by atoms with Gasteiger partial charge in [0, 0.05) is 61.5 Å². The van der Waals surface area contributed by atoms with Crippen molar-refractivity contribution < 1.29 is 13.9 Å². The number of morpholine rings is 1. The first-order valence-electron chi connectivity index (χ1n) is 9.98. The van der Waals surface area contributed by atoms with Crippen LogP contribution in [0.2, 0.25) is 5.02 Å². The Balaban J connectivity index is 1.65. The molecule has 0 unspecified atom stereocenters. The lowest BCUT2D eigenvalue weighted by Gasteiger charge is -2.28. The predicted octanol–water partition coefficient (Wildman–Crippen LogP) is 4.10. The van der Waals surface area contributed by atoms with E-state index in [2.05, 4.69) is 19.9 Å². The standard InChI is InChI=1S/C22H23ClFN5O2/c1-14-8-17(10-21(28-14)29-4-6-30-7-5-29)31-20-9-16(23)13-27-22(20)19-3-2-15(12-26-19)18(24)11-25/h2-3,8-10,12-13,18H,4-7,11,25H2,1H3/t18-/m0/s1. The lowest BCUT2D eigenvalue weighted by Crippen LogP contribution is -2.36. The zero-order valence-electron chi connectivity index (χ0n) is 17.1. The summed E-state index contributed by atoms with van der Waals surface area (Å²) in [6.07, 6.45) is 1.72. The fraction of sp³-hybridized carbons (Fsp3) is 0.318. The molecule has 1 aliphatic heterocycles. The molecule has 1 fully saturated rings. The smallest absolute Gasteiger partial charge is 0.156 e. The minimum Gasteiger partial charge on any atom is -0.455 e. The number of hydrogen-bond donors (Lipinski definition) is 1. The number of hydrogen-bond acceptors (Lipinski definition) is 7. The number of aromatic nitrogens is 3. The molecule has 0 aromatic carbocycles. The molecule has 0 spiro atoms. The van der Waals surface area contributed by atoms with Crippen LogP contribution in [0.25, 0.3) is 11.4 Å². The zero-order valence-corrected chi connectivity index (χ0v) is 17.8. The van der Waals surface area contributed by atoms with Gasteiger partial charge in [0.15, 0.2) is 5.75 Å². The quantitative estimate of drug-likeness (QED) is 0.613. The Bertz CT molecular complexity index is 1040. The van der Waals surface area contributed by atoms with Crippen LogP contribution in [-0.4, -0.2) is 47.8 Å². The molecule has 3 aromatic rings. The molecule has 0 saturated carbocycles. The minimum atomic E-state index is -1.26. The van der Waals surface area contributed by atoms with Crippen LogP contribution >= 0.6 is 11.6 Å². The number of pyridine rings is 3. The molecule has 0 bridgehead atoms. The third kappa shape index (κ3) is 5.10. The van der Waals surface area contributed by atoms with Crippen LogP contribution in [0.15, 0.2) is 42.7 Å². The molecule has 1 atom stereocenters. The van der Waals surface area contributed by atoms with Gasteiger partial charge in [-0.05, 0) is 13.0 Å².